The number of halogens is 1. The lowest BCUT2D eigenvalue weighted by Gasteiger charge is -2.11. The van der Waals surface area contributed by atoms with E-state index in [4.69, 9.17) is 5.11 Å². The van der Waals surface area contributed by atoms with Gasteiger partial charge in [-0.3, -0.25) is 4.72 Å². The van der Waals surface area contributed by atoms with Crippen LogP contribution < -0.4 is 4.72 Å². The summed E-state index contributed by atoms with van der Waals surface area (Å²) in [6.07, 6.45) is 0. The minimum absolute atomic E-state index is 0.0386. The summed E-state index contributed by atoms with van der Waals surface area (Å²) >= 11 is 1.85. The molecule has 5 nitrogen and oxygen atoms in total. The van der Waals surface area contributed by atoms with Crippen LogP contribution >= 0.6 is 22.6 Å². The van der Waals surface area contributed by atoms with Crippen molar-refractivity contribution in [2.24, 2.45) is 0 Å². The van der Waals surface area contributed by atoms with E-state index in [-0.39, 0.29) is 10.5 Å². The van der Waals surface area contributed by atoms with Gasteiger partial charge < -0.3 is 5.11 Å². The number of benzene rings is 2. The molecule has 110 valence electrons. The maximum atomic E-state index is 12.3. The Morgan fingerprint density at radius 1 is 1.19 bits per heavy atom. The minimum atomic E-state index is -3.83. The van der Waals surface area contributed by atoms with Crippen molar-refractivity contribution in [3.05, 3.63) is 57.2 Å². The second-order valence-electron chi connectivity index (χ2n) is 4.37. The lowest BCUT2D eigenvalue weighted by atomic mass is 10.2. The number of hydrogen-bond acceptors (Lipinski definition) is 3. The standard InChI is InChI=1S/C14H12INO4S/c1-9-4-2-3-5-13(9)16-21(19,20)10-6-7-12(15)11(8-10)14(17)18/h2-8,16H,1H3,(H,17,18). The summed E-state index contributed by atoms with van der Waals surface area (Å²) < 4.78 is 27.6. The highest BCUT2D eigenvalue weighted by atomic mass is 127. The number of carboxylic acid groups (broad SMARTS) is 1. The van der Waals surface area contributed by atoms with Crippen LogP contribution in [0.1, 0.15) is 15.9 Å². The molecule has 0 amide bonds. The largest absolute Gasteiger partial charge is 0.478 e. The Balaban J connectivity index is 2.43. The lowest BCUT2D eigenvalue weighted by Crippen LogP contribution is -2.15. The molecular weight excluding hydrogens is 405 g/mol. The molecule has 2 rings (SSSR count). The number of anilines is 1. The summed E-state index contributed by atoms with van der Waals surface area (Å²) in [5, 5.41) is 9.07. The molecule has 21 heavy (non-hydrogen) atoms. The van der Waals surface area contributed by atoms with Gasteiger partial charge >= 0.3 is 5.97 Å². The van der Waals surface area contributed by atoms with E-state index in [0.29, 0.717) is 9.26 Å². The van der Waals surface area contributed by atoms with Gasteiger partial charge in [-0.2, -0.15) is 0 Å². The maximum Gasteiger partial charge on any atom is 0.336 e. The number of rotatable bonds is 4. The van der Waals surface area contributed by atoms with Crippen LogP contribution in [0.15, 0.2) is 47.4 Å². The second-order valence-corrected chi connectivity index (χ2v) is 7.21. The van der Waals surface area contributed by atoms with Crippen LogP contribution in [0.4, 0.5) is 5.69 Å². The van der Waals surface area contributed by atoms with Crippen LogP contribution in [0.3, 0.4) is 0 Å². The van der Waals surface area contributed by atoms with E-state index in [1.54, 1.807) is 31.2 Å². The molecule has 0 aliphatic rings. The Morgan fingerprint density at radius 3 is 2.48 bits per heavy atom. The Morgan fingerprint density at radius 2 is 1.86 bits per heavy atom. The molecule has 0 bridgehead atoms. The van der Waals surface area contributed by atoms with Crippen LogP contribution in [-0.2, 0) is 10.0 Å². The van der Waals surface area contributed by atoms with Gasteiger partial charge in [0.05, 0.1) is 16.1 Å². The monoisotopic (exact) mass is 417 g/mol. The molecule has 2 N–H and O–H groups in total. The van der Waals surface area contributed by atoms with Crippen LogP contribution in [0.2, 0.25) is 0 Å². The molecule has 0 radical (unpaired) electrons. The van der Waals surface area contributed by atoms with Gasteiger partial charge in [-0.25, -0.2) is 13.2 Å². The SMILES string of the molecule is Cc1ccccc1NS(=O)(=O)c1ccc(I)c(C(=O)O)c1. The Bertz CT molecular complexity index is 802. The first-order chi connectivity index (χ1) is 9.81. The molecule has 0 aliphatic heterocycles. The van der Waals surface area contributed by atoms with E-state index in [9.17, 15) is 13.2 Å². The highest BCUT2D eigenvalue weighted by Gasteiger charge is 2.18. The molecule has 0 spiro atoms. The third kappa shape index (κ3) is 3.53. The van der Waals surface area contributed by atoms with E-state index in [2.05, 4.69) is 4.72 Å². The van der Waals surface area contributed by atoms with Gasteiger partial charge in [-0.05, 0) is 59.3 Å². The third-order valence-electron chi connectivity index (χ3n) is 2.87. The average Bonchev–Trinajstić information content (AvgIpc) is 2.41. The zero-order chi connectivity index (χ0) is 15.6. The van der Waals surface area contributed by atoms with Gasteiger partial charge in [-0.15, -0.1) is 0 Å². The van der Waals surface area contributed by atoms with Crippen molar-refractivity contribution in [2.45, 2.75) is 11.8 Å². The second kappa shape index (κ2) is 6.02. The van der Waals surface area contributed by atoms with E-state index >= 15 is 0 Å². The molecule has 7 heteroatoms. The highest BCUT2D eigenvalue weighted by Crippen LogP contribution is 2.22. The minimum Gasteiger partial charge on any atom is -0.478 e. The van der Waals surface area contributed by atoms with Crippen molar-refractivity contribution in [1.82, 2.24) is 0 Å². The van der Waals surface area contributed by atoms with Crippen LogP contribution in [0.25, 0.3) is 0 Å². The summed E-state index contributed by atoms with van der Waals surface area (Å²) in [6.45, 7) is 1.79. The van der Waals surface area contributed by atoms with Crippen LogP contribution in [0.5, 0.6) is 0 Å². The summed E-state index contributed by atoms with van der Waals surface area (Å²) in [4.78, 5) is 11.0. The number of nitrogens with one attached hydrogen (secondary N) is 1. The molecule has 0 atom stereocenters. The summed E-state index contributed by atoms with van der Waals surface area (Å²) in [5.41, 5.74) is 1.21. The van der Waals surface area contributed by atoms with Crippen molar-refractivity contribution >= 4 is 44.3 Å². The molecule has 0 aromatic heterocycles. The summed E-state index contributed by atoms with van der Waals surface area (Å²) in [7, 11) is -3.83. The fourth-order valence-corrected chi connectivity index (χ4v) is 3.45. The molecule has 2 aromatic rings. The van der Waals surface area contributed by atoms with Crippen molar-refractivity contribution in [2.75, 3.05) is 4.72 Å². The molecule has 0 saturated carbocycles. The van der Waals surface area contributed by atoms with Crippen LogP contribution in [-0.4, -0.2) is 19.5 Å². The Kier molecular flexibility index (Phi) is 4.52. The molecule has 0 aliphatic carbocycles. The number of aromatic carboxylic acids is 1. The molecule has 2 aromatic carbocycles. The number of aryl methyl sites for hydroxylation is 1. The molecule has 0 fully saturated rings. The number of sulfonamides is 1. The predicted octanol–water partition coefficient (Wildman–Crippen LogP) is 3.10. The first-order valence-corrected chi connectivity index (χ1v) is 8.49. The van der Waals surface area contributed by atoms with Gasteiger partial charge in [0.2, 0.25) is 0 Å². The van der Waals surface area contributed by atoms with E-state index in [0.717, 1.165) is 11.6 Å². The molecular formula is C14H12INO4S. The van der Waals surface area contributed by atoms with Crippen molar-refractivity contribution in [3.8, 4) is 0 Å². The van der Waals surface area contributed by atoms with Gasteiger partial charge in [0.15, 0.2) is 0 Å². The van der Waals surface area contributed by atoms with Crippen molar-refractivity contribution in [3.63, 3.8) is 0 Å². The smallest absolute Gasteiger partial charge is 0.336 e. The molecule has 0 saturated heterocycles. The Hall–Kier alpha value is -1.61. The topological polar surface area (TPSA) is 83.5 Å². The number of carbonyl (C=O) groups is 1. The third-order valence-corrected chi connectivity index (χ3v) is 5.17. The number of para-hydroxylation sites is 1. The van der Waals surface area contributed by atoms with Crippen LogP contribution in [0, 0.1) is 10.5 Å². The van der Waals surface area contributed by atoms with E-state index < -0.39 is 16.0 Å². The first kappa shape index (κ1) is 15.8. The summed E-state index contributed by atoms with van der Waals surface area (Å²) in [6, 6.07) is 11.0. The molecule has 0 unspecified atom stereocenters. The van der Waals surface area contributed by atoms with E-state index in [1.165, 1.54) is 12.1 Å². The van der Waals surface area contributed by atoms with E-state index in [1.807, 2.05) is 22.6 Å². The maximum absolute atomic E-state index is 12.3. The molecule has 0 heterocycles. The Labute approximate surface area is 136 Å². The normalized spacial score (nSPS) is 11.1. The average molecular weight is 417 g/mol. The first-order valence-electron chi connectivity index (χ1n) is 5.92. The zero-order valence-electron chi connectivity index (χ0n) is 11.0. The van der Waals surface area contributed by atoms with Gasteiger partial charge in [-0.1, -0.05) is 18.2 Å². The fourth-order valence-electron chi connectivity index (χ4n) is 1.73. The van der Waals surface area contributed by atoms with Crippen molar-refractivity contribution < 1.29 is 18.3 Å². The quantitative estimate of drug-likeness (QED) is 0.750. The van der Waals surface area contributed by atoms with Gasteiger partial charge in [0.1, 0.15) is 0 Å². The zero-order valence-corrected chi connectivity index (χ0v) is 14.0. The highest BCUT2D eigenvalue weighted by molar-refractivity contribution is 14.1. The summed E-state index contributed by atoms with van der Waals surface area (Å²) in [5.74, 6) is -1.16. The van der Waals surface area contributed by atoms with Gasteiger partial charge in [0, 0.05) is 3.57 Å². The lowest BCUT2D eigenvalue weighted by molar-refractivity contribution is 0.0695. The predicted molar refractivity (Wildman–Crippen MR) is 88.1 cm³/mol. The van der Waals surface area contributed by atoms with Gasteiger partial charge in [0.25, 0.3) is 10.0 Å². The number of carboxylic acids is 1. The fraction of sp³-hybridized carbons (Fsp3) is 0.0714. The van der Waals surface area contributed by atoms with Crippen molar-refractivity contribution in [1.29, 1.82) is 0 Å². The number of hydrogen-bond donors (Lipinski definition) is 2.